The van der Waals surface area contributed by atoms with E-state index < -0.39 is 24.2 Å². The number of aliphatic hydroxyl groups excluding tert-OH is 1. The van der Waals surface area contributed by atoms with Gasteiger partial charge in [0.05, 0.1) is 18.3 Å². The van der Waals surface area contributed by atoms with Gasteiger partial charge in [0, 0.05) is 6.00 Å². The minimum atomic E-state index is -0.769. The lowest BCUT2D eigenvalue weighted by atomic mass is 9.92. The third-order valence-corrected chi connectivity index (χ3v) is 3.59. The highest BCUT2D eigenvalue weighted by atomic mass is 16.7. The summed E-state index contributed by atoms with van der Waals surface area (Å²) in [6, 6.07) is 8.05. The topological polar surface area (TPSA) is 74.2 Å². The van der Waals surface area contributed by atoms with E-state index >= 15 is 0 Å². The molecule has 6 nitrogen and oxygen atoms in total. The van der Waals surface area contributed by atoms with Crippen LogP contribution in [-0.2, 0) is 18.9 Å². The van der Waals surface area contributed by atoms with Crippen LogP contribution in [-0.4, -0.2) is 63.2 Å². The summed E-state index contributed by atoms with van der Waals surface area (Å²) in [6.45, 7) is 2.15. The van der Waals surface area contributed by atoms with E-state index in [4.69, 9.17) is 26.8 Å². The van der Waals surface area contributed by atoms with Gasteiger partial charge >= 0.3 is 5.97 Å². The Kier molecular flexibility index (Phi) is 7.04. The lowest BCUT2D eigenvalue weighted by molar-refractivity contribution is -0.121. The fourth-order valence-electron chi connectivity index (χ4n) is 2.33. The van der Waals surface area contributed by atoms with Crippen LogP contribution in [0.3, 0.4) is 0 Å². The van der Waals surface area contributed by atoms with Crippen molar-refractivity contribution < 1.29 is 28.8 Å². The highest BCUT2D eigenvalue weighted by molar-refractivity contribution is 6.11. The Bertz CT molecular complexity index is 483. The summed E-state index contributed by atoms with van der Waals surface area (Å²) in [4.78, 5) is 11.7. The summed E-state index contributed by atoms with van der Waals surface area (Å²) in [5.74, 6) is -0.400. The average Bonchev–Trinajstić information content (AvgIpc) is 2.85. The normalized spacial score (nSPS) is 27.0. The molecular weight excluding hydrogens is 299 g/mol. The first-order valence-electron chi connectivity index (χ1n) is 7.64. The Morgan fingerprint density at radius 3 is 2.70 bits per heavy atom. The molecule has 1 saturated heterocycles. The monoisotopic (exact) mass is 320 g/mol. The zero-order valence-corrected chi connectivity index (χ0v) is 13.1. The number of rotatable bonds is 8. The molecule has 0 amide bonds. The average molecular weight is 320 g/mol. The first-order chi connectivity index (χ1) is 11.1. The smallest absolute Gasteiger partial charge is 0.338 e. The Balaban J connectivity index is 1.59. The molecule has 1 unspecified atom stereocenters. The first kappa shape index (κ1) is 17.9. The predicted octanol–water partition coefficient (Wildman–Crippen LogP) is 0.867. The Morgan fingerprint density at radius 1 is 1.30 bits per heavy atom. The maximum atomic E-state index is 11.7. The number of aliphatic hydroxyl groups is 1. The Morgan fingerprint density at radius 2 is 2.04 bits per heavy atom. The molecule has 0 bridgehead atoms. The van der Waals surface area contributed by atoms with Crippen LogP contribution in [0.25, 0.3) is 0 Å². The van der Waals surface area contributed by atoms with Crippen molar-refractivity contribution in [2.75, 3.05) is 20.0 Å². The van der Waals surface area contributed by atoms with Crippen molar-refractivity contribution in [2.24, 2.45) is 0 Å². The molecule has 1 aliphatic heterocycles. The minimum Gasteiger partial charge on any atom is -0.460 e. The molecular formula is C16H21BO6. The molecule has 7 heteroatoms. The lowest BCUT2D eigenvalue weighted by Crippen LogP contribution is -2.36. The van der Waals surface area contributed by atoms with Gasteiger partial charge in [-0.25, -0.2) is 4.79 Å². The van der Waals surface area contributed by atoms with Crippen LogP contribution in [0.15, 0.2) is 30.3 Å². The van der Waals surface area contributed by atoms with E-state index in [1.54, 1.807) is 24.3 Å². The largest absolute Gasteiger partial charge is 0.460 e. The second-order valence-electron chi connectivity index (χ2n) is 5.20. The molecule has 0 saturated carbocycles. The van der Waals surface area contributed by atoms with Crippen LogP contribution in [0.2, 0.25) is 0 Å². The molecule has 23 heavy (non-hydrogen) atoms. The SMILES string of the molecule is [B][C@@H]1O[C@H](CC)[C@H](O)C1OCOCCOC(=O)c1ccccc1. The number of benzene rings is 1. The van der Waals surface area contributed by atoms with E-state index in [9.17, 15) is 9.90 Å². The van der Waals surface area contributed by atoms with Crippen molar-refractivity contribution in [3.8, 4) is 0 Å². The van der Waals surface area contributed by atoms with Crippen molar-refractivity contribution in [1.82, 2.24) is 0 Å². The van der Waals surface area contributed by atoms with Crippen LogP contribution in [0.5, 0.6) is 0 Å². The Labute approximate surface area is 137 Å². The number of esters is 1. The number of carbonyl (C=O) groups excluding carboxylic acids is 1. The van der Waals surface area contributed by atoms with E-state index in [1.165, 1.54) is 0 Å². The summed E-state index contributed by atoms with van der Waals surface area (Å²) in [7, 11) is 5.75. The number of hydrogen-bond acceptors (Lipinski definition) is 6. The third-order valence-electron chi connectivity index (χ3n) is 3.59. The molecule has 0 spiro atoms. The van der Waals surface area contributed by atoms with Crippen molar-refractivity contribution >= 4 is 13.8 Å². The van der Waals surface area contributed by atoms with Gasteiger partial charge in [-0.15, -0.1) is 0 Å². The van der Waals surface area contributed by atoms with Crippen molar-refractivity contribution in [3.05, 3.63) is 35.9 Å². The maximum Gasteiger partial charge on any atom is 0.338 e. The molecule has 4 atom stereocenters. The minimum absolute atomic E-state index is 0.0574. The number of carbonyl (C=O) groups is 1. The third kappa shape index (κ3) is 5.04. The lowest BCUT2D eigenvalue weighted by Gasteiger charge is -2.18. The van der Waals surface area contributed by atoms with Gasteiger partial charge in [0.25, 0.3) is 0 Å². The molecule has 124 valence electrons. The molecule has 1 N–H and O–H groups in total. The molecule has 1 aromatic rings. The van der Waals surface area contributed by atoms with Crippen LogP contribution >= 0.6 is 0 Å². The predicted molar refractivity (Wildman–Crippen MR) is 83.1 cm³/mol. The molecule has 1 aromatic carbocycles. The zero-order valence-electron chi connectivity index (χ0n) is 13.1. The number of hydrogen-bond donors (Lipinski definition) is 1. The molecule has 2 rings (SSSR count). The molecule has 1 aliphatic rings. The number of ether oxygens (including phenoxy) is 4. The van der Waals surface area contributed by atoms with Gasteiger partial charge in [0.15, 0.2) is 0 Å². The molecule has 1 heterocycles. The van der Waals surface area contributed by atoms with Crippen molar-refractivity contribution in [1.29, 1.82) is 0 Å². The van der Waals surface area contributed by atoms with Gasteiger partial charge in [-0.3, -0.25) is 0 Å². The molecule has 2 radical (unpaired) electrons. The summed E-state index contributed by atoms with van der Waals surface area (Å²) < 4.78 is 21.0. The molecule has 0 aromatic heterocycles. The highest BCUT2D eigenvalue weighted by Gasteiger charge is 2.40. The first-order valence-corrected chi connectivity index (χ1v) is 7.64. The van der Waals surface area contributed by atoms with E-state index in [2.05, 4.69) is 0 Å². The van der Waals surface area contributed by atoms with Crippen molar-refractivity contribution in [3.63, 3.8) is 0 Å². The van der Waals surface area contributed by atoms with Gasteiger partial charge < -0.3 is 24.1 Å². The van der Waals surface area contributed by atoms with E-state index in [0.29, 0.717) is 12.0 Å². The fourth-order valence-corrected chi connectivity index (χ4v) is 2.33. The van der Waals surface area contributed by atoms with Crippen LogP contribution in [0.4, 0.5) is 0 Å². The summed E-state index contributed by atoms with van der Waals surface area (Å²) in [6.07, 6.45) is -1.05. The van der Waals surface area contributed by atoms with Gasteiger partial charge in [-0.1, -0.05) is 25.1 Å². The maximum absolute atomic E-state index is 11.7. The highest BCUT2D eigenvalue weighted by Crippen LogP contribution is 2.24. The second kappa shape index (κ2) is 9.03. The van der Waals surface area contributed by atoms with Crippen molar-refractivity contribution in [2.45, 2.75) is 37.7 Å². The summed E-state index contributed by atoms with van der Waals surface area (Å²) in [5.41, 5.74) is 0.492. The van der Waals surface area contributed by atoms with Crippen LogP contribution in [0.1, 0.15) is 23.7 Å². The van der Waals surface area contributed by atoms with E-state index in [1.807, 2.05) is 13.0 Å². The van der Waals surface area contributed by atoms with E-state index in [-0.39, 0.29) is 26.1 Å². The molecule has 0 aliphatic carbocycles. The standard InChI is InChI=1S/C16H21BO6/c1-2-12-13(18)14(15(17)23-12)22-10-20-8-9-21-16(19)11-6-4-3-5-7-11/h3-7,12-15,18H,2,8-10H2,1H3/t12-,13+,14?,15-/m1/s1. The van der Waals surface area contributed by atoms with E-state index in [0.717, 1.165) is 0 Å². The van der Waals surface area contributed by atoms with Crippen LogP contribution in [0, 0.1) is 0 Å². The zero-order chi connectivity index (χ0) is 16.7. The Hall–Kier alpha value is -1.41. The second-order valence-corrected chi connectivity index (χ2v) is 5.20. The summed E-state index contributed by atoms with van der Waals surface area (Å²) in [5, 5.41) is 9.97. The molecule has 1 fully saturated rings. The summed E-state index contributed by atoms with van der Waals surface area (Å²) >= 11 is 0. The quantitative estimate of drug-likeness (QED) is 0.332. The van der Waals surface area contributed by atoms with Gasteiger partial charge in [0.1, 0.15) is 33.5 Å². The van der Waals surface area contributed by atoms with Crippen LogP contribution < -0.4 is 0 Å². The van der Waals surface area contributed by atoms with Gasteiger partial charge in [0.2, 0.25) is 0 Å². The van der Waals surface area contributed by atoms with Gasteiger partial charge in [-0.05, 0) is 18.6 Å². The van der Waals surface area contributed by atoms with Gasteiger partial charge in [-0.2, -0.15) is 0 Å². The fraction of sp³-hybridized carbons (Fsp3) is 0.562.